The molecular formula is C14H18N2O2S. The number of hydrogen-bond acceptors (Lipinski definition) is 4. The van der Waals surface area contributed by atoms with E-state index in [0.29, 0.717) is 18.0 Å². The van der Waals surface area contributed by atoms with Crippen molar-refractivity contribution in [3.05, 3.63) is 56.7 Å². The first kappa shape index (κ1) is 13.9. The summed E-state index contributed by atoms with van der Waals surface area (Å²) in [5, 5.41) is 14.9. The molecule has 2 rings (SSSR count). The van der Waals surface area contributed by atoms with E-state index in [9.17, 15) is 10.1 Å². The number of allylic oxidation sites excluding steroid dienone is 1. The summed E-state index contributed by atoms with van der Waals surface area (Å²) < 4.78 is 0. The van der Waals surface area contributed by atoms with E-state index in [1.165, 1.54) is 17.3 Å². The third-order valence-electron chi connectivity index (χ3n) is 3.40. The van der Waals surface area contributed by atoms with E-state index < -0.39 is 0 Å². The molecule has 1 N–H and O–H groups in total. The molecule has 0 amide bonds. The lowest BCUT2D eigenvalue weighted by Crippen LogP contribution is -2.30. The molecule has 102 valence electrons. The summed E-state index contributed by atoms with van der Waals surface area (Å²) in [6.07, 6.45) is 4.40. The van der Waals surface area contributed by atoms with Crippen LogP contribution in [0.2, 0.25) is 0 Å². The van der Waals surface area contributed by atoms with Crippen LogP contribution in [-0.4, -0.2) is 17.7 Å². The number of nitrogens with one attached hydrogen (secondary N) is 1. The Morgan fingerprint density at radius 3 is 2.79 bits per heavy atom. The summed E-state index contributed by atoms with van der Waals surface area (Å²) in [4.78, 5) is 10.8. The lowest BCUT2D eigenvalue weighted by molar-refractivity contribution is -0.430. The molecule has 1 atom stereocenters. The number of nitrogens with zero attached hydrogens (tertiary/aromatic N) is 1. The van der Waals surface area contributed by atoms with Gasteiger partial charge < -0.3 is 5.32 Å². The summed E-state index contributed by atoms with van der Waals surface area (Å²) in [7, 11) is 0. The van der Waals surface area contributed by atoms with Gasteiger partial charge in [-0.3, -0.25) is 10.1 Å². The normalized spacial score (nSPS) is 19.1. The van der Waals surface area contributed by atoms with Crippen molar-refractivity contribution in [2.45, 2.75) is 19.3 Å². The van der Waals surface area contributed by atoms with Crippen molar-refractivity contribution >= 4 is 11.8 Å². The molecule has 19 heavy (non-hydrogen) atoms. The number of benzene rings is 1. The molecule has 0 radical (unpaired) electrons. The Bertz CT molecular complexity index is 474. The van der Waals surface area contributed by atoms with E-state index in [1.807, 2.05) is 24.5 Å². The van der Waals surface area contributed by atoms with Crippen molar-refractivity contribution in [2.75, 3.05) is 12.8 Å². The van der Waals surface area contributed by atoms with E-state index >= 15 is 0 Å². The fraction of sp³-hybridized carbons (Fsp3) is 0.429. The van der Waals surface area contributed by atoms with Crippen molar-refractivity contribution in [2.24, 2.45) is 5.92 Å². The van der Waals surface area contributed by atoms with Crippen molar-refractivity contribution in [3.63, 3.8) is 0 Å². The Hall–Kier alpha value is -1.49. The molecular weight excluding hydrogens is 260 g/mol. The number of hydrogen-bond donors (Lipinski definition) is 1. The largest absolute Gasteiger partial charge is 0.374 e. The van der Waals surface area contributed by atoms with E-state index in [-0.39, 0.29) is 4.92 Å². The molecule has 1 aliphatic heterocycles. The van der Waals surface area contributed by atoms with Crippen LogP contribution in [0.15, 0.2) is 41.1 Å². The third kappa shape index (κ3) is 3.73. The Balaban J connectivity index is 1.94. The fourth-order valence-electron chi connectivity index (χ4n) is 2.34. The van der Waals surface area contributed by atoms with Gasteiger partial charge in [-0.15, -0.1) is 11.8 Å². The quantitative estimate of drug-likeness (QED) is 0.664. The first-order valence-corrected chi connectivity index (χ1v) is 7.62. The summed E-state index contributed by atoms with van der Waals surface area (Å²) in [6, 6.07) is 10.3. The van der Waals surface area contributed by atoms with Crippen molar-refractivity contribution < 1.29 is 4.92 Å². The van der Waals surface area contributed by atoms with Crippen LogP contribution in [0.3, 0.4) is 0 Å². The molecule has 0 bridgehead atoms. The minimum Gasteiger partial charge on any atom is -0.374 e. The second kappa shape index (κ2) is 6.61. The lowest BCUT2D eigenvalue weighted by Gasteiger charge is -2.23. The molecule has 4 nitrogen and oxygen atoms in total. The predicted molar refractivity (Wildman–Crippen MR) is 78.4 cm³/mol. The van der Waals surface area contributed by atoms with Crippen LogP contribution in [0.5, 0.6) is 0 Å². The zero-order chi connectivity index (χ0) is 13.7. The minimum absolute atomic E-state index is 0.243. The van der Waals surface area contributed by atoms with Gasteiger partial charge in [0.2, 0.25) is 0 Å². The van der Waals surface area contributed by atoms with Crippen LogP contribution in [0, 0.1) is 16.0 Å². The molecule has 0 aliphatic carbocycles. The van der Waals surface area contributed by atoms with E-state index in [0.717, 1.165) is 24.4 Å². The monoisotopic (exact) mass is 278 g/mol. The predicted octanol–water partition coefficient (Wildman–Crippen LogP) is 3.04. The number of rotatable bonds is 5. The van der Waals surface area contributed by atoms with Crippen LogP contribution in [0.1, 0.15) is 18.4 Å². The SMILES string of the molecule is CSC1=C([N+](=O)[O-])CC(CCc2ccccc2)CN1. The van der Waals surface area contributed by atoms with Crippen molar-refractivity contribution in [3.8, 4) is 0 Å². The van der Waals surface area contributed by atoms with Gasteiger partial charge in [0.15, 0.2) is 0 Å². The van der Waals surface area contributed by atoms with Gasteiger partial charge in [0.1, 0.15) is 5.03 Å². The lowest BCUT2D eigenvalue weighted by atomic mass is 9.93. The van der Waals surface area contributed by atoms with Crippen LogP contribution in [0.4, 0.5) is 0 Å². The summed E-state index contributed by atoms with van der Waals surface area (Å²) in [5.41, 5.74) is 1.64. The zero-order valence-electron chi connectivity index (χ0n) is 11.0. The topological polar surface area (TPSA) is 55.2 Å². The van der Waals surface area contributed by atoms with E-state index in [2.05, 4.69) is 17.4 Å². The molecule has 1 aliphatic rings. The smallest absolute Gasteiger partial charge is 0.275 e. The van der Waals surface area contributed by atoms with Gasteiger partial charge in [0.25, 0.3) is 5.70 Å². The minimum atomic E-state index is -0.243. The zero-order valence-corrected chi connectivity index (χ0v) is 11.8. The van der Waals surface area contributed by atoms with Crippen LogP contribution < -0.4 is 5.32 Å². The molecule has 0 saturated carbocycles. The van der Waals surface area contributed by atoms with Gasteiger partial charge in [-0.05, 0) is 30.6 Å². The van der Waals surface area contributed by atoms with Gasteiger partial charge in [-0.25, -0.2) is 0 Å². The maximum Gasteiger partial charge on any atom is 0.275 e. The molecule has 0 saturated heterocycles. The highest BCUT2D eigenvalue weighted by Crippen LogP contribution is 2.28. The molecule has 1 heterocycles. The van der Waals surface area contributed by atoms with Crippen LogP contribution >= 0.6 is 11.8 Å². The van der Waals surface area contributed by atoms with Gasteiger partial charge in [-0.1, -0.05) is 30.3 Å². The fourth-order valence-corrected chi connectivity index (χ4v) is 2.97. The summed E-state index contributed by atoms with van der Waals surface area (Å²) >= 11 is 1.43. The van der Waals surface area contributed by atoms with E-state index in [4.69, 9.17) is 0 Å². The Morgan fingerprint density at radius 1 is 1.42 bits per heavy atom. The molecule has 1 unspecified atom stereocenters. The maximum absolute atomic E-state index is 11.0. The molecule has 1 aromatic carbocycles. The number of aryl methyl sites for hydroxylation is 1. The third-order valence-corrected chi connectivity index (χ3v) is 4.19. The summed E-state index contributed by atoms with van der Waals surface area (Å²) in [6.45, 7) is 0.834. The first-order chi connectivity index (χ1) is 9.20. The molecule has 1 aromatic rings. The number of nitro groups is 1. The molecule has 0 fully saturated rings. The molecule has 0 spiro atoms. The van der Waals surface area contributed by atoms with Gasteiger partial charge in [0, 0.05) is 13.0 Å². The Kier molecular flexibility index (Phi) is 4.85. The van der Waals surface area contributed by atoms with Gasteiger partial charge in [-0.2, -0.15) is 0 Å². The number of thioether (sulfide) groups is 1. The highest BCUT2D eigenvalue weighted by atomic mass is 32.2. The highest BCUT2D eigenvalue weighted by Gasteiger charge is 2.28. The Morgan fingerprint density at radius 2 is 2.16 bits per heavy atom. The molecule has 0 aromatic heterocycles. The van der Waals surface area contributed by atoms with Gasteiger partial charge >= 0.3 is 0 Å². The van der Waals surface area contributed by atoms with Crippen LogP contribution in [0.25, 0.3) is 0 Å². The van der Waals surface area contributed by atoms with Crippen molar-refractivity contribution in [1.82, 2.24) is 5.32 Å². The second-order valence-corrected chi connectivity index (χ2v) is 5.53. The first-order valence-electron chi connectivity index (χ1n) is 6.40. The van der Waals surface area contributed by atoms with Crippen LogP contribution in [-0.2, 0) is 6.42 Å². The highest BCUT2D eigenvalue weighted by molar-refractivity contribution is 8.02. The molecule has 5 heteroatoms. The average Bonchev–Trinajstić information content (AvgIpc) is 2.46. The maximum atomic E-state index is 11.0. The van der Waals surface area contributed by atoms with Crippen molar-refractivity contribution in [1.29, 1.82) is 0 Å². The van der Waals surface area contributed by atoms with E-state index in [1.54, 1.807) is 0 Å². The van der Waals surface area contributed by atoms with Gasteiger partial charge in [0.05, 0.1) is 4.92 Å². The average molecular weight is 278 g/mol. The summed E-state index contributed by atoms with van der Waals surface area (Å²) in [5.74, 6) is 0.344. The Labute approximate surface area is 117 Å². The standard InChI is InChI=1S/C14H18N2O2S/c1-19-14-13(16(17)18)9-12(10-15-14)8-7-11-5-3-2-4-6-11/h2-6,12,15H,7-10H2,1H3. The second-order valence-electron chi connectivity index (χ2n) is 4.71.